The van der Waals surface area contributed by atoms with Crippen LogP contribution in [0.15, 0.2) is 30.3 Å². The maximum Gasteiger partial charge on any atom is 0.344 e. The molecule has 0 aliphatic rings. The summed E-state index contributed by atoms with van der Waals surface area (Å²) in [6, 6.07) is 8.41. The van der Waals surface area contributed by atoms with Crippen LogP contribution in [0.1, 0.15) is 33.3 Å². The van der Waals surface area contributed by atoms with Gasteiger partial charge in [-0.25, -0.2) is 0 Å². The molecule has 1 aromatic carbocycles. The molecular formula is C16H26NO5P. The third-order valence-electron chi connectivity index (χ3n) is 2.85. The number of carboxylic acid groups (broad SMARTS) is 1. The van der Waals surface area contributed by atoms with Gasteiger partial charge in [0.1, 0.15) is 6.04 Å². The van der Waals surface area contributed by atoms with Gasteiger partial charge in [0.2, 0.25) is 0 Å². The van der Waals surface area contributed by atoms with E-state index in [1.54, 1.807) is 27.7 Å². The lowest BCUT2D eigenvalue weighted by Crippen LogP contribution is -2.39. The Balaban J connectivity index is 2.74. The molecule has 6 nitrogen and oxygen atoms in total. The van der Waals surface area contributed by atoms with Crippen molar-refractivity contribution in [1.82, 2.24) is 5.32 Å². The summed E-state index contributed by atoms with van der Waals surface area (Å²) in [5.41, 5.74) is 0.886. The quantitative estimate of drug-likeness (QED) is 0.634. The minimum absolute atomic E-state index is 0.146. The van der Waals surface area contributed by atoms with Crippen molar-refractivity contribution in [2.75, 3.05) is 6.29 Å². The smallest absolute Gasteiger partial charge is 0.344 e. The van der Waals surface area contributed by atoms with Crippen LogP contribution in [-0.4, -0.2) is 35.6 Å². The highest BCUT2D eigenvalue weighted by Gasteiger charge is 2.30. The molecule has 0 spiro atoms. The fourth-order valence-electron chi connectivity index (χ4n) is 2.06. The van der Waals surface area contributed by atoms with E-state index in [4.69, 9.17) is 9.05 Å². The minimum atomic E-state index is -3.40. The summed E-state index contributed by atoms with van der Waals surface area (Å²) in [6.07, 6.45) is -0.412. The van der Waals surface area contributed by atoms with Crippen LogP contribution in [0.2, 0.25) is 0 Å². The lowest BCUT2D eigenvalue weighted by Gasteiger charge is -2.24. The number of hydrogen-bond donors (Lipinski definition) is 2. The topological polar surface area (TPSA) is 84.9 Å². The molecule has 1 aromatic rings. The van der Waals surface area contributed by atoms with Gasteiger partial charge in [-0.05, 0) is 39.7 Å². The normalized spacial score (nSPS) is 13.5. The molecular weight excluding hydrogens is 317 g/mol. The van der Waals surface area contributed by atoms with Gasteiger partial charge in [0.15, 0.2) is 0 Å². The summed E-state index contributed by atoms with van der Waals surface area (Å²) < 4.78 is 23.5. The van der Waals surface area contributed by atoms with Crippen LogP contribution in [0.4, 0.5) is 0 Å². The van der Waals surface area contributed by atoms with Crippen LogP contribution >= 0.6 is 7.60 Å². The summed E-state index contributed by atoms with van der Waals surface area (Å²) in [5, 5.41) is 12.2. The maximum atomic E-state index is 12.7. The first-order valence-electron chi connectivity index (χ1n) is 7.68. The zero-order valence-electron chi connectivity index (χ0n) is 14.1. The number of hydrogen-bond acceptors (Lipinski definition) is 5. The number of benzene rings is 1. The molecule has 1 rings (SSSR count). The van der Waals surface area contributed by atoms with Crippen molar-refractivity contribution in [3.63, 3.8) is 0 Å². The molecule has 0 aromatic heterocycles. The van der Waals surface area contributed by atoms with Gasteiger partial charge in [0, 0.05) is 0 Å². The second kappa shape index (κ2) is 9.18. The highest BCUT2D eigenvalue weighted by atomic mass is 31.2. The van der Waals surface area contributed by atoms with Crippen molar-refractivity contribution in [2.45, 2.75) is 52.4 Å². The predicted molar refractivity (Wildman–Crippen MR) is 89.6 cm³/mol. The Hall–Kier alpha value is -1.20. The number of carboxylic acids is 1. The summed E-state index contributed by atoms with van der Waals surface area (Å²) in [5.74, 6) is -1.01. The van der Waals surface area contributed by atoms with E-state index in [-0.39, 0.29) is 18.5 Å². The molecule has 2 N–H and O–H groups in total. The van der Waals surface area contributed by atoms with Gasteiger partial charge in [-0.15, -0.1) is 0 Å². The van der Waals surface area contributed by atoms with Crippen molar-refractivity contribution in [1.29, 1.82) is 0 Å². The standard InChI is InChI=1S/C16H26NO5P/c1-12(2)21-23(20,22-13(3)4)11-17-15(16(18)19)10-14-8-6-5-7-9-14/h5-9,12-13,15,17H,10-11H2,1-4H3,(H,18,19). The summed E-state index contributed by atoms with van der Waals surface area (Å²) >= 11 is 0. The summed E-state index contributed by atoms with van der Waals surface area (Å²) in [6.45, 7) is 7.04. The second-order valence-corrected chi connectivity index (χ2v) is 7.82. The second-order valence-electron chi connectivity index (χ2n) is 5.86. The number of nitrogens with one attached hydrogen (secondary N) is 1. The van der Waals surface area contributed by atoms with E-state index in [1.807, 2.05) is 30.3 Å². The Labute approximate surface area is 137 Å². The Morgan fingerprint density at radius 1 is 1.13 bits per heavy atom. The van der Waals surface area contributed by atoms with Crippen molar-refractivity contribution in [3.05, 3.63) is 35.9 Å². The molecule has 0 aliphatic heterocycles. The van der Waals surface area contributed by atoms with Crippen LogP contribution < -0.4 is 5.32 Å². The molecule has 0 fully saturated rings. The molecule has 130 valence electrons. The molecule has 0 bridgehead atoms. The number of aliphatic carboxylic acids is 1. The van der Waals surface area contributed by atoms with Crippen LogP contribution in [0.3, 0.4) is 0 Å². The Kier molecular flexibility index (Phi) is 7.92. The third-order valence-corrected chi connectivity index (χ3v) is 4.91. The molecule has 0 aliphatic carbocycles. The van der Waals surface area contributed by atoms with Gasteiger partial charge in [-0.1, -0.05) is 30.3 Å². The lowest BCUT2D eigenvalue weighted by atomic mass is 10.1. The van der Waals surface area contributed by atoms with Crippen LogP contribution in [0, 0.1) is 0 Å². The zero-order valence-corrected chi connectivity index (χ0v) is 15.0. The molecule has 0 saturated carbocycles. The number of carbonyl (C=O) groups is 1. The van der Waals surface area contributed by atoms with E-state index in [0.29, 0.717) is 6.42 Å². The Bertz CT molecular complexity index is 519. The first-order chi connectivity index (χ1) is 10.7. The first-order valence-corrected chi connectivity index (χ1v) is 9.40. The van der Waals surface area contributed by atoms with Gasteiger partial charge >= 0.3 is 13.6 Å². The van der Waals surface area contributed by atoms with E-state index >= 15 is 0 Å². The lowest BCUT2D eigenvalue weighted by molar-refractivity contribution is -0.139. The van der Waals surface area contributed by atoms with Crippen molar-refractivity contribution < 1.29 is 23.5 Å². The summed E-state index contributed by atoms with van der Waals surface area (Å²) in [4.78, 5) is 11.4. The molecule has 1 atom stereocenters. The zero-order chi connectivity index (χ0) is 17.5. The van der Waals surface area contributed by atoms with Gasteiger partial charge in [-0.3, -0.25) is 14.7 Å². The highest BCUT2D eigenvalue weighted by Crippen LogP contribution is 2.49. The fourth-order valence-corrected chi connectivity index (χ4v) is 3.99. The molecule has 1 unspecified atom stereocenters. The van der Waals surface area contributed by atoms with Crippen molar-refractivity contribution >= 4 is 13.6 Å². The first kappa shape index (κ1) is 19.8. The van der Waals surface area contributed by atoms with Gasteiger partial charge in [0.05, 0.1) is 18.5 Å². The minimum Gasteiger partial charge on any atom is -0.480 e. The monoisotopic (exact) mass is 343 g/mol. The molecule has 0 amide bonds. The maximum absolute atomic E-state index is 12.7. The SMILES string of the molecule is CC(C)OP(=O)(CNC(Cc1ccccc1)C(=O)O)OC(C)C. The summed E-state index contributed by atoms with van der Waals surface area (Å²) in [7, 11) is -3.40. The molecule has 23 heavy (non-hydrogen) atoms. The molecule has 0 heterocycles. The highest BCUT2D eigenvalue weighted by molar-refractivity contribution is 7.53. The van der Waals surface area contributed by atoms with E-state index < -0.39 is 19.6 Å². The third kappa shape index (κ3) is 7.75. The van der Waals surface area contributed by atoms with Gasteiger partial charge in [-0.2, -0.15) is 0 Å². The molecule has 7 heteroatoms. The van der Waals surface area contributed by atoms with E-state index in [9.17, 15) is 14.5 Å². The van der Waals surface area contributed by atoms with Crippen LogP contribution in [0.25, 0.3) is 0 Å². The Morgan fingerprint density at radius 3 is 2.09 bits per heavy atom. The number of rotatable bonds is 10. The van der Waals surface area contributed by atoms with Crippen LogP contribution in [-0.2, 0) is 24.8 Å². The van der Waals surface area contributed by atoms with E-state index in [2.05, 4.69) is 5.32 Å². The molecule has 0 saturated heterocycles. The van der Waals surface area contributed by atoms with Crippen molar-refractivity contribution in [2.24, 2.45) is 0 Å². The van der Waals surface area contributed by atoms with Gasteiger partial charge < -0.3 is 14.2 Å². The van der Waals surface area contributed by atoms with Crippen LogP contribution in [0.5, 0.6) is 0 Å². The fraction of sp³-hybridized carbons (Fsp3) is 0.562. The van der Waals surface area contributed by atoms with Gasteiger partial charge in [0.25, 0.3) is 0 Å². The molecule has 0 radical (unpaired) electrons. The van der Waals surface area contributed by atoms with E-state index in [0.717, 1.165) is 5.56 Å². The van der Waals surface area contributed by atoms with E-state index in [1.165, 1.54) is 0 Å². The Morgan fingerprint density at radius 2 is 1.65 bits per heavy atom. The largest absolute Gasteiger partial charge is 0.480 e. The predicted octanol–water partition coefficient (Wildman–Crippen LogP) is 3.27. The van der Waals surface area contributed by atoms with Crippen molar-refractivity contribution in [3.8, 4) is 0 Å². The average Bonchev–Trinajstić information content (AvgIpc) is 2.42. The average molecular weight is 343 g/mol.